The predicted molar refractivity (Wildman–Crippen MR) is 203 cm³/mol. The maximum atomic E-state index is 6.89. The molecule has 9 aromatic carbocycles. The van der Waals surface area contributed by atoms with Gasteiger partial charge in [-0.05, 0) is 100 Å². The third-order valence-corrected chi connectivity index (χ3v) is 11.2. The molecule has 1 aromatic heterocycles. The van der Waals surface area contributed by atoms with Gasteiger partial charge in [-0.2, -0.15) is 0 Å². The first-order valence-electron chi connectivity index (χ1n) is 16.9. The highest BCUT2D eigenvalue weighted by Gasteiger charge is 2.39. The highest BCUT2D eigenvalue weighted by molar-refractivity contribution is 6.32. The van der Waals surface area contributed by atoms with Crippen LogP contribution in [0.4, 0.5) is 0 Å². The standard InChI is InChI=1S/C47H30O/c1-47(2)38-23-10-9-21-35(38)44-39(47)26-37-36(25-28-15-12-24-40-41(28)45(37)46(44)48-40)43-33-19-7-5-17-31(33)42(32-18-6-8-20-34(32)43)30-22-11-14-27-13-3-4-16-29(27)30/h3-26H,1-2H3. The fourth-order valence-electron chi connectivity index (χ4n) is 9.10. The van der Waals surface area contributed by atoms with Gasteiger partial charge in [0.1, 0.15) is 11.2 Å². The van der Waals surface area contributed by atoms with Gasteiger partial charge < -0.3 is 4.42 Å². The Bertz CT molecular complexity index is 2910. The second-order valence-corrected chi connectivity index (χ2v) is 14.0. The molecule has 11 rings (SSSR count). The lowest BCUT2D eigenvalue weighted by atomic mass is 9.79. The molecule has 0 aliphatic heterocycles. The summed E-state index contributed by atoms with van der Waals surface area (Å²) in [5, 5.41) is 12.5. The van der Waals surface area contributed by atoms with Crippen molar-refractivity contribution in [3.63, 3.8) is 0 Å². The molecule has 1 heterocycles. The van der Waals surface area contributed by atoms with Crippen LogP contribution in [0.1, 0.15) is 25.0 Å². The summed E-state index contributed by atoms with van der Waals surface area (Å²) in [7, 11) is 0. The van der Waals surface area contributed by atoms with E-state index < -0.39 is 0 Å². The van der Waals surface area contributed by atoms with E-state index in [-0.39, 0.29) is 5.41 Å². The molecule has 224 valence electrons. The first kappa shape index (κ1) is 26.2. The summed E-state index contributed by atoms with van der Waals surface area (Å²) in [6, 6.07) is 53.8. The first-order chi connectivity index (χ1) is 23.6. The van der Waals surface area contributed by atoms with Crippen LogP contribution in [0.3, 0.4) is 0 Å². The minimum atomic E-state index is -0.149. The second kappa shape index (κ2) is 9.12. The Morgan fingerprint density at radius 3 is 1.71 bits per heavy atom. The van der Waals surface area contributed by atoms with E-state index in [9.17, 15) is 0 Å². The van der Waals surface area contributed by atoms with E-state index in [1.807, 2.05) is 0 Å². The Hall–Kier alpha value is -5.92. The molecule has 0 radical (unpaired) electrons. The lowest BCUT2D eigenvalue weighted by molar-refractivity contribution is 0.654. The lowest BCUT2D eigenvalue weighted by Gasteiger charge is -2.23. The van der Waals surface area contributed by atoms with E-state index in [1.54, 1.807) is 0 Å². The van der Waals surface area contributed by atoms with Crippen LogP contribution < -0.4 is 0 Å². The molecule has 0 unspecified atom stereocenters. The van der Waals surface area contributed by atoms with Gasteiger partial charge >= 0.3 is 0 Å². The second-order valence-electron chi connectivity index (χ2n) is 14.0. The first-order valence-corrected chi connectivity index (χ1v) is 16.9. The molecule has 0 amide bonds. The Kier molecular flexibility index (Phi) is 4.97. The summed E-state index contributed by atoms with van der Waals surface area (Å²) in [4.78, 5) is 0. The van der Waals surface area contributed by atoms with E-state index >= 15 is 0 Å². The van der Waals surface area contributed by atoms with Gasteiger partial charge in [-0.25, -0.2) is 0 Å². The molecule has 0 fully saturated rings. The summed E-state index contributed by atoms with van der Waals surface area (Å²) in [5.41, 5.74) is 12.1. The summed E-state index contributed by atoms with van der Waals surface area (Å²) in [6.07, 6.45) is 0. The van der Waals surface area contributed by atoms with E-state index in [4.69, 9.17) is 4.42 Å². The number of fused-ring (bicyclic) bond motifs is 7. The normalized spacial score (nSPS) is 13.8. The van der Waals surface area contributed by atoms with Crippen molar-refractivity contribution in [3.05, 3.63) is 157 Å². The molecule has 10 aromatic rings. The fraction of sp³-hybridized carbons (Fsp3) is 0.0638. The van der Waals surface area contributed by atoms with Gasteiger partial charge in [-0.1, -0.05) is 141 Å². The van der Waals surface area contributed by atoms with E-state index in [1.165, 1.54) is 98.4 Å². The average molecular weight is 611 g/mol. The zero-order valence-corrected chi connectivity index (χ0v) is 26.8. The quantitative estimate of drug-likeness (QED) is 0.140. The molecule has 0 saturated heterocycles. The van der Waals surface area contributed by atoms with Gasteiger partial charge in [0.05, 0.1) is 0 Å². The minimum absolute atomic E-state index is 0.149. The van der Waals surface area contributed by atoms with Crippen LogP contribution in [-0.4, -0.2) is 0 Å². The largest absolute Gasteiger partial charge is 0.455 e. The van der Waals surface area contributed by atoms with Gasteiger partial charge in [0.15, 0.2) is 0 Å². The van der Waals surface area contributed by atoms with Crippen LogP contribution in [0.5, 0.6) is 0 Å². The highest BCUT2D eigenvalue weighted by atomic mass is 16.3. The van der Waals surface area contributed by atoms with Crippen molar-refractivity contribution in [3.8, 4) is 33.4 Å². The topological polar surface area (TPSA) is 13.1 Å². The zero-order chi connectivity index (χ0) is 31.7. The summed E-state index contributed by atoms with van der Waals surface area (Å²) >= 11 is 0. The van der Waals surface area contributed by atoms with Gasteiger partial charge in [-0.3, -0.25) is 0 Å². The molecule has 48 heavy (non-hydrogen) atoms. The smallest absolute Gasteiger partial charge is 0.144 e. The van der Waals surface area contributed by atoms with E-state index in [0.717, 1.165) is 11.2 Å². The number of rotatable bonds is 2. The van der Waals surface area contributed by atoms with Gasteiger partial charge in [-0.15, -0.1) is 0 Å². The number of furan rings is 1. The molecule has 1 aliphatic carbocycles. The Morgan fingerprint density at radius 2 is 0.958 bits per heavy atom. The Balaban J connectivity index is 1.34. The third kappa shape index (κ3) is 3.21. The zero-order valence-electron chi connectivity index (χ0n) is 26.8. The monoisotopic (exact) mass is 610 g/mol. The van der Waals surface area contributed by atoms with Crippen molar-refractivity contribution in [2.75, 3.05) is 0 Å². The SMILES string of the molecule is CC1(C)c2ccccc2-c2c1cc1c(-c3c4ccccc4c(-c4cccc5ccccc45)c4ccccc34)cc3cccc4oc2c1c34. The molecular formula is C47H30O. The van der Waals surface area contributed by atoms with Crippen LogP contribution in [0.25, 0.3) is 98.4 Å². The van der Waals surface area contributed by atoms with Crippen LogP contribution in [0, 0.1) is 0 Å². The van der Waals surface area contributed by atoms with Crippen molar-refractivity contribution in [1.29, 1.82) is 0 Å². The predicted octanol–water partition coefficient (Wildman–Crippen LogP) is 13.3. The lowest BCUT2D eigenvalue weighted by Crippen LogP contribution is -2.14. The van der Waals surface area contributed by atoms with Gasteiger partial charge in [0.25, 0.3) is 0 Å². The molecular weight excluding hydrogens is 581 g/mol. The van der Waals surface area contributed by atoms with Crippen LogP contribution >= 0.6 is 0 Å². The molecule has 0 bridgehead atoms. The Labute approximate surface area is 278 Å². The summed E-state index contributed by atoms with van der Waals surface area (Å²) < 4.78 is 6.89. The number of benzene rings is 9. The van der Waals surface area contributed by atoms with Crippen molar-refractivity contribution >= 4 is 65.0 Å². The van der Waals surface area contributed by atoms with Crippen molar-refractivity contribution in [2.45, 2.75) is 19.3 Å². The molecule has 0 atom stereocenters. The minimum Gasteiger partial charge on any atom is -0.455 e. The Morgan fingerprint density at radius 1 is 0.396 bits per heavy atom. The van der Waals surface area contributed by atoms with Crippen LogP contribution in [-0.2, 0) is 5.41 Å². The van der Waals surface area contributed by atoms with E-state index in [0.29, 0.717) is 0 Å². The number of hydrogen-bond acceptors (Lipinski definition) is 1. The van der Waals surface area contributed by atoms with Crippen molar-refractivity contribution < 1.29 is 4.42 Å². The van der Waals surface area contributed by atoms with Crippen molar-refractivity contribution in [1.82, 2.24) is 0 Å². The van der Waals surface area contributed by atoms with Gasteiger partial charge in [0.2, 0.25) is 0 Å². The number of hydrogen-bond donors (Lipinski definition) is 0. The fourth-order valence-corrected chi connectivity index (χ4v) is 9.10. The maximum Gasteiger partial charge on any atom is 0.144 e. The average Bonchev–Trinajstić information content (AvgIpc) is 3.63. The van der Waals surface area contributed by atoms with Crippen LogP contribution in [0.2, 0.25) is 0 Å². The van der Waals surface area contributed by atoms with E-state index in [2.05, 4.69) is 159 Å². The summed E-state index contributed by atoms with van der Waals surface area (Å²) in [5.74, 6) is 0. The summed E-state index contributed by atoms with van der Waals surface area (Å²) in [6.45, 7) is 4.72. The molecule has 0 saturated carbocycles. The molecule has 1 heteroatoms. The molecule has 1 nitrogen and oxygen atoms in total. The molecule has 1 aliphatic rings. The molecule has 0 N–H and O–H groups in total. The van der Waals surface area contributed by atoms with Crippen LogP contribution in [0.15, 0.2) is 150 Å². The maximum absolute atomic E-state index is 6.89. The van der Waals surface area contributed by atoms with Crippen molar-refractivity contribution in [2.24, 2.45) is 0 Å². The van der Waals surface area contributed by atoms with Gasteiger partial charge in [0, 0.05) is 21.8 Å². The third-order valence-electron chi connectivity index (χ3n) is 11.2. The molecule has 0 spiro atoms. The highest BCUT2D eigenvalue weighted by Crippen LogP contribution is 2.56.